The second kappa shape index (κ2) is 5.91. The average molecular weight is 336 g/mol. The van der Waals surface area contributed by atoms with Crippen molar-refractivity contribution in [3.05, 3.63) is 53.0 Å². The Kier molecular flexibility index (Phi) is 3.71. The lowest BCUT2D eigenvalue weighted by Crippen LogP contribution is -2.29. The van der Waals surface area contributed by atoms with E-state index in [1.165, 1.54) is 0 Å². The van der Waals surface area contributed by atoms with E-state index < -0.39 is 0 Å². The van der Waals surface area contributed by atoms with Crippen LogP contribution in [0.5, 0.6) is 0 Å². The number of hydrogen-bond acceptors (Lipinski definition) is 5. The lowest BCUT2D eigenvalue weighted by atomic mass is 10.1. The molecule has 3 aromatic heterocycles. The molecule has 0 spiro atoms. The first kappa shape index (κ1) is 15.7. The van der Waals surface area contributed by atoms with Gasteiger partial charge in [0.1, 0.15) is 5.82 Å². The lowest BCUT2D eigenvalue weighted by Gasteiger charge is -2.14. The molecular formula is C18H20N6O. The van der Waals surface area contributed by atoms with Gasteiger partial charge in [-0.1, -0.05) is 0 Å². The first-order valence-corrected chi connectivity index (χ1v) is 8.44. The predicted molar refractivity (Wildman–Crippen MR) is 92.5 cm³/mol. The molecule has 0 bridgehead atoms. The molecule has 0 aromatic carbocycles. The van der Waals surface area contributed by atoms with Crippen molar-refractivity contribution in [2.45, 2.75) is 33.1 Å². The van der Waals surface area contributed by atoms with E-state index in [1.54, 1.807) is 16.8 Å². The molecule has 0 saturated carbocycles. The van der Waals surface area contributed by atoms with Gasteiger partial charge in [-0.05, 0) is 39.3 Å². The van der Waals surface area contributed by atoms with E-state index >= 15 is 0 Å². The van der Waals surface area contributed by atoms with Crippen LogP contribution in [0.4, 0.5) is 0 Å². The van der Waals surface area contributed by atoms with Crippen molar-refractivity contribution in [2.75, 3.05) is 13.1 Å². The molecule has 1 aliphatic rings. The zero-order chi connectivity index (χ0) is 17.6. The average Bonchev–Trinajstić information content (AvgIpc) is 3.21. The molecule has 1 aliphatic heterocycles. The third kappa shape index (κ3) is 2.86. The number of carbonyl (C=O) groups excluding carboxylic acids is 1. The van der Waals surface area contributed by atoms with Crippen LogP contribution in [0.25, 0.3) is 5.65 Å². The zero-order valence-corrected chi connectivity index (χ0v) is 14.6. The molecule has 1 saturated heterocycles. The first-order chi connectivity index (χ1) is 12.0. The first-order valence-electron chi connectivity index (χ1n) is 8.44. The highest BCUT2D eigenvalue weighted by Gasteiger charge is 2.31. The maximum Gasteiger partial charge on any atom is 0.274 e. The second-order valence-electron chi connectivity index (χ2n) is 6.63. The SMILES string of the molecule is Cc1ccnc(C2CCN(C(=O)c3cc4nc(C)cc(C)n4n3)C2)n1. The molecule has 0 N–H and O–H groups in total. The number of fused-ring (bicyclic) bond motifs is 1. The standard InChI is InChI=1S/C18H20N6O/c1-11-4-6-19-17(21-11)14-5-7-23(10-14)18(25)15-9-16-20-12(2)8-13(3)24(16)22-15/h4,6,8-9,14H,5,7,10H2,1-3H3. The van der Waals surface area contributed by atoms with Gasteiger partial charge < -0.3 is 4.90 Å². The van der Waals surface area contributed by atoms with Gasteiger partial charge >= 0.3 is 0 Å². The fourth-order valence-corrected chi connectivity index (χ4v) is 3.37. The maximum atomic E-state index is 12.8. The van der Waals surface area contributed by atoms with Crippen molar-refractivity contribution in [3.63, 3.8) is 0 Å². The fraction of sp³-hybridized carbons (Fsp3) is 0.389. The van der Waals surface area contributed by atoms with Crippen LogP contribution in [0.1, 0.15) is 45.7 Å². The van der Waals surface area contributed by atoms with Gasteiger partial charge in [0, 0.05) is 48.4 Å². The summed E-state index contributed by atoms with van der Waals surface area (Å²) < 4.78 is 1.72. The van der Waals surface area contributed by atoms with E-state index in [1.807, 2.05) is 37.8 Å². The van der Waals surface area contributed by atoms with Crippen LogP contribution in [0.15, 0.2) is 24.4 Å². The number of hydrogen-bond donors (Lipinski definition) is 0. The molecule has 25 heavy (non-hydrogen) atoms. The van der Waals surface area contributed by atoms with Crippen molar-refractivity contribution < 1.29 is 4.79 Å². The minimum atomic E-state index is -0.0577. The van der Waals surface area contributed by atoms with E-state index in [2.05, 4.69) is 20.1 Å². The third-order valence-electron chi connectivity index (χ3n) is 4.61. The molecule has 1 unspecified atom stereocenters. The molecule has 7 nitrogen and oxygen atoms in total. The van der Waals surface area contributed by atoms with Gasteiger partial charge in [0.25, 0.3) is 5.91 Å². The third-order valence-corrected chi connectivity index (χ3v) is 4.61. The van der Waals surface area contributed by atoms with Gasteiger partial charge in [0.05, 0.1) is 0 Å². The predicted octanol–water partition coefficient (Wildman–Crippen LogP) is 2.07. The summed E-state index contributed by atoms with van der Waals surface area (Å²) in [6, 6.07) is 5.60. The number of carbonyl (C=O) groups is 1. The Morgan fingerprint density at radius 1 is 1.16 bits per heavy atom. The van der Waals surface area contributed by atoms with Crippen molar-refractivity contribution in [1.82, 2.24) is 29.5 Å². The quantitative estimate of drug-likeness (QED) is 0.716. The Hall–Kier alpha value is -2.83. The van der Waals surface area contributed by atoms with E-state index in [9.17, 15) is 4.79 Å². The van der Waals surface area contributed by atoms with Crippen LogP contribution in [-0.4, -0.2) is 48.5 Å². The van der Waals surface area contributed by atoms with Gasteiger partial charge in [-0.3, -0.25) is 4.79 Å². The van der Waals surface area contributed by atoms with Gasteiger partial charge in [-0.15, -0.1) is 0 Å². The lowest BCUT2D eigenvalue weighted by molar-refractivity contribution is 0.0784. The Morgan fingerprint density at radius 3 is 2.80 bits per heavy atom. The largest absolute Gasteiger partial charge is 0.336 e. The van der Waals surface area contributed by atoms with Crippen LogP contribution in [-0.2, 0) is 0 Å². The zero-order valence-electron chi connectivity index (χ0n) is 14.6. The Balaban J connectivity index is 1.57. The van der Waals surface area contributed by atoms with Crippen LogP contribution >= 0.6 is 0 Å². The molecular weight excluding hydrogens is 316 g/mol. The minimum absolute atomic E-state index is 0.0577. The van der Waals surface area contributed by atoms with Crippen molar-refractivity contribution in [3.8, 4) is 0 Å². The number of amides is 1. The molecule has 0 aliphatic carbocycles. The number of rotatable bonds is 2. The topological polar surface area (TPSA) is 76.3 Å². The molecule has 0 radical (unpaired) electrons. The summed E-state index contributed by atoms with van der Waals surface area (Å²) in [5.41, 5.74) is 3.98. The summed E-state index contributed by atoms with van der Waals surface area (Å²) in [5.74, 6) is 0.944. The van der Waals surface area contributed by atoms with Crippen LogP contribution < -0.4 is 0 Å². The number of aromatic nitrogens is 5. The van der Waals surface area contributed by atoms with E-state index in [-0.39, 0.29) is 11.8 Å². The molecule has 7 heteroatoms. The molecule has 128 valence electrons. The normalized spacial score (nSPS) is 17.4. The summed E-state index contributed by atoms with van der Waals surface area (Å²) in [7, 11) is 0. The number of aryl methyl sites for hydroxylation is 3. The van der Waals surface area contributed by atoms with Gasteiger partial charge in [-0.25, -0.2) is 19.5 Å². The highest BCUT2D eigenvalue weighted by molar-refractivity contribution is 5.93. The van der Waals surface area contributed by atoms with Crippen molar-refractivity contribution >= 4 is 11.6 Å². The summed E-state index contributed by atoms with van der Waals surface area (Å²) in [4.78, 5) is 28.0. The van der Waals surface area contributed by atoms with Crippen LogP contribution in [0.3, 0.4) is 0 Å². The van der Waals surface area contributed by atoms with Gasteiger partial charge in [0.15, 0.2) is 11.3 Å². The van der Waals surface area contributed by atoms with E-state index in [0.29, 0.717) is 24.4 Å². The molecule has 4 heterocycles. The van der Waals surface area contributed by atoms with Gasteiger partial charge in [-0.2, -0.15) is 5.10 Å². The van der Waals surface area contributed by atoms with Crippen molar-refractivity contribution in [2.24, 2.45) is 0 Å². The second-order valence-corrected chi connectivity index (χ2v) is 6.63. The summed E-state index contributed by atoms with van der Waals surface area (Å²) in [6.07, 6.45) is 2.65. The fourth-order valence-electron chi connectivity index (χ4n) is 3.37. The van der Waals surface area contributed by atoms with Crippen LogP contribution in [0, 0.1) is 20.8 Å². The monoisotopic (exact) mass is 336 g/mol. The maximum absolute atomic E-state index is 12.8. The number of likely N-dealkylation sites (tertiary alicyclic amines) is 1. The molecule has 3 aromatic rings. The molecule has 1 atom stereocenters. The molecule has 4 rings (SSSR count). The summed E-state index contributed by atoms with van der Waals surface area (Å²) >= 11 is 0. The highest BCUT2D eigenvalue weighted by atomic mass is 16.2. The van der Waals surface area contributed by atoms with Crippen LogP contribution in [0.2, 0.25) is 0 Å². The molecule has 1 fully saturated rings. The van der Waals surface area contributed by atoms with Gasteiger partial charge in [0.2, 0.25) is 0 Å². The summed E-state index contributed by atoms with van der Waals surface area (Å²) in [5, 5.41) is 4.44. The smallest absolute Gasteiger partial charge is 0.274 e. The van der Waals surface area contributed by atoms with E-state index in [0.717, 1.165) is 29.3 Å². The Labute approximate surface area is 145 Å². The molecule has 1 amide bonds. The van der Waals surface area contributed by atoms with Crippen molar-refractivity contribution in [1.29, 1.82) is 0 Å². The highest BCUT2D eigenvalue weighted by Crippen LogP contribution is 2.26. The van der Waals surface area contributed by atoms with E-state index in [4.69, 9.17) is 0 Å². The number of nitrogens with zero attached hydrogens (tertiary/aromatic N) is 6. The summed E-state index contributed by atoms with van der Waals surface area (Å²) in [6.45, 7) is 7.18. The minimum Gasteiger partial charge on any atom is -0.336 e. The Bertz CT molecular complexity index is 963. The Morgan fingerprint density at radius 2 is 2.00 bits per heavy atom.